The van der Waals surface area contributed by atoms with Crippen LogP contribution in [-0.2, 0) is 0 Å². The van der Waals surface area contributed by atoms with Gasteiger partial charge < -0.3 is 10.6 Å². The summed E-state index contributed by atoms with van der Waals surface area (Å²) >= 11 is 0. The van der Waals surface area contributed by atoms with Crippen molar-refractivity contribution in [3.8, 4) is 0 Å². The van der Waals surface area contributed by atoms with Crippen molar-refractivity contribution in [1.29, 1.82) is 0 Å². The maximum atomic E-state index is 4.43. The zero-order chi connectivity index (χ0) is 10.8. The fourth-order valence-corrected chi connectivity index (χ4v) is 2.33. The summed E-state index contributed by atoms with van der Waals surface area (Å²) in [4.78, 5) is 4.43. The second kappa shape index (κ2) is 4.42. The fourth-order valence-electron chi connectivity index (χ4n) is 2.33. The molecule has 2 fully saturated rings. The summed E-state index contributed by atoms with van der Waals surface area (Å²) in [6.07, 6.45) is 7.18. The monoisotopic (exact) mass is 217 g/mol. The number of pyridine rings is 1. The van der Waals surface area contributed by atoms with Crippen LogP contribution in [0.15, 0.2) is 18.3 Å². The molecular formula is C13H19N3. The second-order valence-corrected chi connectivity index (χ2v) is 4.92. The molecular weight excluding hydrogens is 198 g/mol. The predicted molar refractivity (Wildman–Crippen MR) is 65.7 cm³/mol. The van der Waals surface area contributed by atoms with E-state index in [-0.39, 0.29) is 0 Å². The minimum atomic E-state index is 0.651. The van der Waals surface area contributed by atoms with Gasteiger partial charge in [-0.25, -0.2) is 0 Å². The predicted octanol–water partition coefficient (Wildman–Crippen LogP) is 2.12. The highest BCUT2D eigenvalue weighted by Crippen LogP contribution is 2.39. The van der Waals surface area contributed by atoms with Crippen LogP contribution in [-0.4, -0.2) is 24.1 Å². The van der Waals surface area contributed by atoms with E-state index in [4.69, 9.17) is 0 Å². The van der Waals surface area contributed by atoms with Gasteiger partial charge in [-0.1, -0.05) is 0 Å². The topological polar surface area (TPSA) is 37.0 Å². The SMILES string of the molecule is c1cc(NCC2CCCN2)cc(C2CC2)n1. The molecule has 2 N–H and O–H groups in total. The number of aromatic nitrogens is 1. The first-order valence-electron chi connectivity index (χ1n) is 6.35. The summed E-state index contributed by atoms with van der Waals surface area (Å²) < 4.78 is 0. The van der Waals surface area contributed by atoms with Gasteiger partial charge in [0.2, 0.25) is 0 Å². The molecule has 2 heterocycles. The van der Waals surface area contributed by atoms with Gasteiger partial charge >= 0.3 is 0 Å². The quantitative estimate of drug-likeness (QED) is 0.811. The number of hydrogen-bond acceptors (Lipinski definition) is 3. The Hall–Kier alpha value is -1.09. The van der Waals surface area contributed by atoms with Gasteiger partial charge in [0, 0.05) is 36.1 Å². The van der Waals surface area contributed by atoms with Gasteiger partial charge in [0.05, 0.1) is 0 Å². The van der Waals surface area contributed by atoms with E-state index in [1.807, 2.05) is 6.20 Å². The van der Waals surface area contributed by atoms with Crippen molar-refractivity contribution in [3.05, 3.63) is 24.0 Å². The van der Waals surface area contributed by atoms with Crippen LogP contribution in [0.4, 0.5) is 5.69 Å². The molecule has 1 atom stereocenters. The Morgan fingerprint density at radius 2 is 2.31 bits per heavy atom. The Labute approximate surface area is 96.7 Å². The maximum Gasteiger partial charge on any atom is 0.0455 e. The summed E-state index contributed by atoms with van der Waals surface area (Å²) in [5.41, 5.74) is 2.50. The molecule has 86 valence electrons. The van der Waals surface area contributed by atoms with E-state index in [9.17, 15) is 0 Å². The molecule has 1 aromatic rings. The molecule has 0 aromatic carbocycles. The number of nitrogens with one attached hydrogen (secondary N) is 2. The Morgan fingerprint density at radius 1 is 1.38 bits per heavy atom. The Bertz CT molecular complexity index is 354. The van der Waals surface area contributed by atoms with Crippen molar-refractivity contribution >= 4 is 5.69 Å². The Kier molecular flexibility index (Phi) is 2.79. The Morgan fingerprint density at radius 3 is 3.06 bits per heavy atom. The van der Waals surface area contributed by atoms with Crippen molar-refractivity contribution < 1.29 is 0 Å². The number of nitrogens with zero attached hydrogens (tertiary/aromatic N) is 1. The summed E-state index contributed by atoms with van der Waals surface area (Å²) in [6.45, 7) is 2.21. The van der Waals surface area contributed by atoms with Crippen molar-refractivity contribution in [2.24, 2.45) is 0 Å². The van der Waals surface area contributed by atoms with Crippen LogP contribution in [0.25, 0.3) is 0 Å². The molecule has 16 heavy (non-hydrogen) atoms. The fraction of sp³-hybridized carbons (Fsp3) is 0.615. The molecule has 3 heteroatoms. The zero-order valence-electron chi connectivity index (χ0n) is 9.58. The minimum absolute atomic E-state index is 0.651. The highest BCUT2D eigenvalue weighted by atomic mass is 15.0. The van der Waals surface area contributed by atoms with Crippen LogP contribution >= 0.6 is 0 Å². The van der Waals surface area contributed by atoms with Gasteiger partial charge in [-0.05, 0) is 44.4 Å². The van der Waals surface area contributed by atoms with Crippen LogP contribution in [0, 0.1) is 0 Å². The van der Waals surface area contributed by atoms with E-state index < -0.39 is 0 Å². The second-order valence-electron chi connectivity index (χ2n) is 4.92. The lowest BCUT2D eigenvalue weighted by Crippen LogP contribution is -2.29. The molecule has 1 aliphatic heterocycles. The van der Waals surface area contributed by atoms with E-state index >= 15 is 0 Å². The maximum absolute atomic E-state index is 4.43. The van der Waals surface area contributed by atoms with Crippen LogP contribution in [0.2, 0.25) is 0 Å². The minimum Gasteiger partial charge on any atom is -0.383 e. The summed E-state index contributed by atoms with van der Waals surface area (Å²) in [7, 11) is 0. The van der Waals surface area contributed by atoms with Gasteiger partial charge in [0.15, 0.2) is 0 Å². The van der Waals surface area contributed by atoms with Crippen molar-refractivity contribution in [3.63, 3.8) is 0 Å². The summed E-state index contributed by atoms with van der Waals surface area (Å²) in [5, 5.41) is 7.01. The van der Waals surface area contributed by atoms with Gasteiger partial charge in [-0.3, -0.25) is 4.98 Å². The van der Waals surface area contributed by atoms with Gasteiger partial charge in [-0.15, -0.1) is 0 Å². The van der Waals surface area contributed by atoms with E-state index in [2.05, 4.69) is 27.8 Å². The third-order valence-electron chi connectivity index (χ3n) is 3.49. The van der Waals surface area contributed by atoms with Gasteiger partial charge in [0.1, 0.15) is 0 Å². The standard InChI is InChI=1S/C13H19N3/c1-2-12(14-6-1)9-16-11-5-7-15-13(8-11)10-3-4-10/h5,7-8,10,12,14H,1-4,6,9H2,(H,15,16). The zero-order valence-corrected chi connectivity index (χ0v) is 9.58. The lowest BCUT2D eigenvalue weighted by molar-refractivity contribution is 0.633. The molecule has 1 aliphatic carbocycles. The van der Waals surface area contributed by atoms with E-state index in [0.717, 1.165) is 12.5 Å². The molecule has 2 aliphatic rings. The molecule has 1 unspecified atom stereocenters. The lowest BCUT2D eigenvalue weighted by Gasteiger charge is -2.13. The first kappa shape index (κ1) is 10.1. The van der Waals surface area contributed by atoms with Crippen LogP contribution < -0.4 is 10.6 Å². The van der Waals surface area contributed by atoms with Gasteiger partial charge in [-0.2, -0.15) is 0 Å². The first-order chi connectivity index (χ1) is 7.92. The van der Waals surface area contributed by atoms with Crippen LogP contribution in [0.5, 0.6) is 0 Å². The molecule has 0 spiro atoms. The first-order valence-corrected chi connectivity index (χ1v) is 6.35. The third-order valence-corrected chi connectivity index (χ3v) is 3.49. The molecule has 1 saturated carbocycles. The van der Waals surface area contributed by atoms with E-state index in [1.54, 1.807) is 0 Å². The average molecular weight is 217 g/mol. The molecule has 0 radical (unpaired) electrons. The van der Waals surface area contributed by atoms with Crippen LogP contribution in [0.1, 0.15) is 37.3 Å². The van der Waals surface area contributed by atoms with Gasteiger partial charge in [0.25, 0.3) is 0 Å². The summed E-state index contributed by atoms with van der Waals surface area (Å²) in [5.74, 6) is 0.742. The van der Waals surface area contributed by atoms with E-state index in [0.29, 0.717) is 6.04 Å². The number of rotatable bonds is 4. The van der Waals surface area contributed by atoms with Crippen LogP contribution in [0.3, 0.4) is 0 Å². The van der Waals surface area contributed by atoms with Crippen molar-refractivity contribution in [2.75, 3.05) is 18.4 Å². The molecule has 0 amide bonds. The Balaban J connectivity index is 1.58. The molecule has 3 rings (SSSR count). The highest BCUT2D eigenvalue weighted by molar-refractivity contribution is 5.44. The van der Waals surface area contributed by atoms with E-state index in [1.165, 1.54) is 43.6 Å². The largest absolute Gasteiger partial charge is 0.383 e. The number of anilines is 1. The molecule has 1 aromatic heterocycles. The molecule has 3 nitrogen and oxygen atoms in total. The third kappa shape index (κ3) is 2.35. The van der Waals surface area contributed by atoms with Crippen molar-refractivity contribution in [2.45, 2.75) is 37.6 Å². The average Bonchev–Trinajstić information content (AvgIpc) is 3.05. The molecule has 0 bridgehead atoms. The summed E-state index contributed by atoms with van der Waals surface area (Å²) in [6, 6.07) is 4.94. The smallest absolute Gasteiger partial charge is 0.0455 e. The lowest BCUT2D eigenvalue weighted by atomic mass is 10.2. The number of hydrogen-bond donors (Lipinski definition) is 2. The normalized spacial score (nSPS) is 24.6. The van der Waals surface area contributed by atoms with Crippen molar-refractivity contribution in [1.82, 2.24) is 10.3 Å². The highest BCUT2D eigenvalue weighted by Gasteiger charge is 2.24. The molecule has 1 saturated heterocycles.